The van der Waals surface area contributed by atoms with Crippen LogP contribution in [0, 0.1) is 30.3 Å². The van der Waals surface area contributed by atoms with E-state index in [1.54, 1.807) is 30.3 Å². The summed E-state index contributed by atoms with van der Waals surface area (Å²) >= 11 is 1.21. The first kappa shape index (κ1) is 31.2. The van der Waals surface area contributed by atoms with Crippen molar-refractivity contribution >= 4 is 68.9 Å². The van der Waals surface area contributed by atoms with Gasteiger partial charge in [-0.05, 0) is 23.8 Å². The first-order valence-electron chi connectivity index (χ1n) is 14.0. The Labute approximate surface area is 275 Å². The number of aromatic nitrogens is 3. The molecule has 4 aromatic carbocycles. The van der Waals surface area contributed by atoms with Crippen LogP contribution in [0.3, 0.4) is 0 Å². The number of nitrogens with one attached hydrogen (secondary N) is 3. The minimum atomic E-state index is -0.539. The van der Waals surface area contributed by atoms with Crippen LogP contribution in [-0.4, -0.2) is 34.9 Å². The Morgan fingerprint density at radius 3 is 1.85 bits per heavy atom. The number of amidine groups is 1. The van der Waals surface area contributed by atoms with Gasteiger partial charge < -0.3 is 16.0 Å². The first-order valence-corrected chi connectivity index (χ1v) is 14.9. The lowest BCUT2D eigenvalue weighted by atomic mass is 10.1. The van der Waals surface area contributed by atoms with Crippen molar-refractivity contribution < 1.29 is 14.8 Å². The fraction of sp³-hybridized carbons (Fsp3) is 0.0323. The van der Waals surface area contributed by atoms with Crippen molar-refractivity contribution in [1.29, 1.82) is 0 Å². The van der Waals surface area contributed by atoms with E-state index in [1.807, 2.05) is 36.4 Å². The molecule has 3 N–H and O–H groups in total. The Kier molecular flexibility index (Phi) is 8.92. The summed E-state index contributed by atoms with van der Waals surface area (Å²) < 4.78 is 0. The van der Waals surface area contributed by atoms with Gasteiger partial charge in [-0.25, -0.2) is 0 Å². The normalized spacial score (nSPS) is 14.8. The quantitative estimate of drug-likeness (QED) is 0.0997. The average Bonchev–Trinajstić information content (AvgIpc) is 3.08. The summed E-state index contributed by atoms with van der Waals surface area (Å²) in [7, 11) is 0. The average molecular weight is 663 g/mol. The van der Waals surface area contributed by atoms with Gasteiger partial charge in [-0.15, -0.1) is 0 Å². The summed E-state index contributed by atoms with van der Waals surface area (Å²) in [5, 5.41) is 43.5. The predicted molar refractivity (Wildman–Crippen MR) is 181 cm³/mol. The van der Waals surface area contributed by atoms with E-state index in [-0.39, 0.29) is 34.9 Å². The number of hydrogen-bond acceptors (Lipinski definition) is 13. The molecule has 0 radical (unpaired) electrons. The topological polar surface area (TPSA) is 217 Å². The van der Waals surface area contributed by atoms with Crippen LogP contribution < -0.4 is 16.0 Å². The molecule has 0 bridgehead atoms. The lowest BCUT2D eigenvalue weighted by Gasteiger charge is -2.24. The number of benzene rings is 4. The van der Waals surface area contributed by atoms with Crippen molar-refractivity contribution in [3.05, 3.63) is 151 Å². The summed E-state index contributed by atoms with van der Waals surface area (Å²) in [6.07, 6.45) is 1.87. The highest BCUT2D eigenvalue weighted by molar-refractivity contribution is 8.14. The molecule has 0 aliphatic carbocycles. The molecule has 0 amide bonds. The third-order valence-electron chi connectivity index (χ3n) is 6.77. The molecule has 238 valence electrons. The molecule has 48 heavy (non-hydrogen) atoms. The molecule has 1 unspecified atom stereocenters. The van der Waals surface area contributed by atoms with Gasteiger partial charge in [-0.2, -0.15) is 19.9 Å². The third-order valence-corrected chi connectivity index (χ3v) is 7.83. The second-order valence-electron chi connectivity index (χ2n) is 9.99. The van der Waals surface area contributed by atoms with Gasteiger partial charge in [-0.3, -0.25) is 30.3 Å². The number of nitro groups is 3. The molecule has 17 heteroatoms. The zero-order valence-electron chi connectivity index (χ0n) is 24.5. The maximum Gasteiger partial charge on any atom is 0.274 e. The van der Waals surface area contributed by atoms with E-state index in [1.165, 1.54) is 54.2 Å². The fourth-order valence-corrected chi connectivity index (χ4v) is 5.72. The van der Waals surface area contributed by atoms with Crippen LogP contribution in [0.15, 0.2) is 114 Å². The molecule has 1 atom stereocenters. The molecular weight excluding hydrogens is 640 g/mol. The predicted octanol–water partition coefficient (Wildman–Crippen LogP) is 7.19. The van der Waals surface area contributed by atoms with Crippen molar-refractivity contribution in [3.8, 4) is 0 Å². The molecule has 1 aliphatic rings. The number of anilines is 4. The Morgan fingerprint density at radius 1 is 0.688 bits per heavy atom. The van der Waals surface area contributed by atoms with Gasteiger partial charge in [0.2, 0.25) is 11.9 Å². The zero-order valence-corrected chi connectivity index (χ0v) is 25.3. The van der Waals surface area contributed by atoms with E-state index in [4.69, 9.17) is 0 Å². The van der Waals surface area contributed by atoms with Crippen molar-refractivity contribution in [2.75, 3.05) is 10.6 Å². The van der Waals surface area contributed by atoms with Crippen LogP contribution in [0.5, 0.6) is 0 Å². The lowest BCUT2D eigenvalue weighted by Crippen LogP contribution is -2.24. The van der Waals surface area contributed by atoms with E-state index >= 15 is 0 Å². The van der Waals surface area contributed by atoms with Gasteiger partial charge in [-0.1, -0.05) is 72.4 Å². The molecular formula is C31H22N10O6S. The van der Waals surface area contributed by atoms with Gasteiger partial charge in [0.05, 0.1) is 20.0 Å². The van der Waals surface area contributed by atoms with Crippen molar-refractivity contribution in [3.63, 3.8) is 0 Å². The van der Waals surface area contributed by atoms with Crippen molar-refractivity contribution in [1.82, 2.24) is 20.3 Å². The van der Waals surface area contributed by atoms with E-state index in [0.717, 1.165) is 5.56 Å². The Morgan fingerprint density at radius 2 is 1.27 bits per heavy atom. The van der Waals surface area contributed by atoms with E-state index in [0.29, 0.717) is 27.8 Å². The number of nitrogens with zero attached hydrogens (tertiary/aromatic N) is 7. The lowest BCUT2D eigenvalue weighted by molar-refractivity contribution is -0.385. The number of nitro benzene ring substituents is 3. The second-order valence-corrected chi connectivity index (χ2v) is 11.1. The van der Waals surface area contributed by atoms with E-state index < -0.39 is 20.0 Å². The maximum absolute atomic E-state index is 11.9. The number of hydrogen-bond donors (Lipinski definition) is 3. The summed E-state index contributed by atoms with van der Waals surface area (Å²) in [6, 6.07) is 27.2. The molecule has 0 spiro atoms. The smallest absolute Gasteiger partial charge is 0.274 e. The third kappa shape index (κ3) is 7.37. The van der Waals surface area contributed by atoms with Gasteiger partial charge in [0.25, 0.3) is 23.0 Å². The van der Waals surface area contributed by atoms with Crippen LogP contribution in [0.1, 0.15) is 16.4 Å². The van der Waals surface area contributed by atoms with Crippen LogP contribution in [0.2, 0.25) is 0 Å². The van der Waals surface area contributed by atoms with Crippen LogP contribution in [0.25, 0.3) is 5.70 Å². The summed E-state index contributed by atoms with van der Waals surface area (Å²) in [5.74, 6) is -0.170. The van der Waals surface area contributed by atoms with E-state index in [9.17, 15) is 30.3 Å². The van der Waals surface area contributed by atoms with Crippen molar-refractivity contribution in [2.45, 2.75) is 5.25 Å². The van der Waals surface area contributed by atoms with Gasteiger partial charge in [0.1, 0.15) is 0 Å². The van der Waals surface area contributed by atoms with Crippen LogP contribution in [0.4, 0.5) is 46.3 Å². The Hall–Kier alpha value is -6.75. The number of thioether (sulfide) groups is 1. The second kappa shape index (κ2) is 13.7. The monoisotopic (exact) mass is 662 g/mol. The number of rotatable bonds is 10. The zero-order chi connectivity index (χ0) is 33.6. The number of para-hydroxylation sites is 1. The maximum atomic E-state index is 11.9. The largest absolute Gasteiger partial charge is 0.334 e. The standard InChI is InChI=1S/C31H22N10O6S/c42-39(43)22-12-6-10-20(16-22)32-28-35-29(33-21-11-7-13-23(17-21)40(44)45)37-30(36-28)38-31-34-25(19-8-2-1-3-9-19)18-27(48-31)24-14-4-5-15-26(24)41(46)47/h1-18,27H,(H3,32,33,34,35,36,37,38). The molecule has 0 saturated carbocycles. The van der Waals surface area contributed by atoms with Crippen LogP contribution >= 0.6 is 11.8 Å². The molecule has 0 fully saturated rings. The Bertz CT molecular complexity index is 2030. The molecule has 0 saturated heterocycles. The summed E-state index contributed by atoms with van der Waals surface area (Å²) in [5.41, 5.74) is 2.18. The summed E-state index contributed by atoms with van der Waals surface area (Å²) in [6.45, 7) is 0. The number of aliphatic imine (C=N–C) groups is 1. The van der Waals surface area contributed by atoms with Gasteiger partial charge in [0.15, 0.2) is 5.17 Å². The highest BCUT2D eigenvalue weighted by Crippen LogP contribution is 2.41. The SMILES string of the molecule is O=[N+]([O-])c1cccc(Nc2nc(/N=C3/NC(c4ccccc4)=CC(c4ccccc4[N+](=O)[O-])S3)nc(Nc3cccc([N+](=O)[O-])c3)n2)c1. The van der Waals surface area contributed by atoms with E-state index in [2.05, 4.69) is 35.9 Å². The van der Waals surface area contributed by atoms with Gasteiger partial charge >= 0.3 is 0 Å². The van der Waals surface area contributed by atoms with Crippen molar-refractivity contribution in [2.24, 2.45) is 4.99 Å². The molecule has 2 heterocycles. The van der Waals surface area contributed by atoms with Gasteiger partial charge in [0, 0.05) is 53.0 Å². The molecule has 1 aromatic heterocycles. The first-order chi connectivity index (χ1) is 23.2. The molecule has 16 nitrogen and oxygen atoms in total. The van der Waals surface area contributed by atoms with Crippen LogP contribution in [-0.2, 0) is 0 Å². The fourth-order valence-electron chi connectivity index (χ4n) is 4.65. The molecule has 6 rings (SSSR count). The highest BCUT2D eigenvalue weighted by Gasteiger charge is 2.27. The summed E-state index contributed by atoms with van der Waals surface area (Å²) in [4.78, 5) is 50.9. The highest BCUT2D eigenvalue weighted by atomic mass is 32.2. The molecule has 5 aromatic rings. The molecule has 1 aliphatic heterocycles. The minimum absolute atomic E-state index is 0.0346. The Balaban J connectivity index is 1.42. The minimum Gasteiger partial charge on any atom is -0.334 e. The number of non-ortho nitro benzene ring substituents is 2.